The molecule has 0 unspecified atom stereocenters. The Labute approximate surface area is 144 Å². The van der Waals surface area contributed by atoms with Crippen molar-refractivity contribution in [1.82, 2.24) is 14.9 Å². The van der Waals surface area contributed by atoms with Crippen molar-refractivity contribution in [2.24, 2.45) is 5.10 Å². The fraction of sp³-hybridized carbons (Fsp3) is 0.375. The number of rotatable bonds is 4. The number of methoxy groups -OCH3 is 2. The molecule has 0 amide bonds. The second-order valence-electron chi connectivity index (χ2n) is 6.10. The van der Waals surface area contributed by atoms with Gasteiger partial charge in [-0.25, -0.2) is 0 Å². The minimum Gasteiger partial charge on any atom is -0.493 e. The van der Waals surface area contributed by atoms with Gasteiger partial charge in [0, 0.05) is 5.41 Å². The molecule has 1 aromatic carbocycles. The predicted molar refractivity (Wildman–Crippen MR) is 94.9 cm³/mol. The largest absolute Gasteiger partial charge is 0.493 e. The molecule has 24 heavy (non-hydrogen) atoms. The van der Waals surface area contributed by atoms with Gasteiger partial charge in [-0.3, -0.25) is 9.89 Å². The van der Waals surface area contributed by atoms with Gasteiger partial charge in [0.05, 0.1) is 20.4 Å². The molecule has 0 fully saturated rings. The number of H-pyrrole nitrogens is 1. The van der Waals surface area contributed by atoms with Crippen molar-refractivity contribution >= 4 is 18.4 Å². The Morgan fingerprint density at radius 1 is 1.25 bits per heavy atom. The summed E-state index contributed by atoms with van der Waals surface area (Å²) in [6.07, 6.45) is 1.53. The summed E-state index contributed by atoms with van der Waals surface area (Å²) in [5.41, 5.74) is 0.337. The zero-order valence-electron chi connectivity index (χ0n) is 14.3. The Morgan fingerprint density at radius 2 is 1.92 bits per heavy atom. The maximum atomic E-state index is 12.5. The Balaban J connectivity index is 2.47. The summed E-state index contributed by atoms with van der Waals surface area (Å²) in [7, 11) is 3.12. The minimum absolute atomic E-state index is 0.129. The topological polar surface area (TPSA) is 81.5 Å². The van der Waals surface area contributed by atoms with Crippen LogP contribution < -0.4 is 15.0 Å². The van der Waals surface area contributed by atoms with Crippen LogP contribution in [0, 0.1) is 4.77 Å². The summed E-state index contributed by atoms with van der Waals surface area (Å²) in [5, 5.41) is 10.9. The molecule has 0 aliphatic rings. The van der Waals surface area contributed by atoms with E-state index in [1.807, 2.05) is 20.8 Å². The van der Waals surface area contributed by atoms with Crippen LogP contribution in [0.4, 0.5) is 0 Å². The molecule has 128 valence electrons. The molecule has 0 saturated heterocycles. The summed E-state index contributed by atoms with van der Waals surface area (Å²) in [6.45, 7) is 5.70. The summed E-state index contributed by atoms with van der Waals surface area (Å²) in [6, 6.07) is 5.32. The average Bonchev–Trinajstić information content (AvgIpc) is 2.53. The van der Waals surface area contributed by atoms with Gasteiger partial charge in [0.15, 0.2) is 11.5 Å². The summed E-state index contributed by atoms with van der Waals surface area (Å²) in [5.74, 6) is 1.19. The van der Waals surface area contributed by atoms with Crippen LogP contribution in [0.15, 0.2) is 28.1 Å². The van der Waals surface area contributed by atoms with Gasteiger partial charge in [0.1, 0.15) is 5.69 Å². The Kier molecular flexibility index (Phi) is 5.18. The number of hydrogen-bond acceptors (Lipinski definition) is 6. The van der Waals surface area contributed by atoms with Crippen molar-refractivity contribution in [3.05, 3.63) is 44.6 Å². The van der Waals surface area contributed by atoms with Gasteiger partial charge in [-0.2, -0.15) is 14.9 Å². The third-order valence-corrected chi connectivity index (χ3v) is 3.56. The van der Waals surface area contributed by atoms with Crippen LogP contribution in [0.5, 0.6) is 11.5 Å². The van der Waals surface area contributed by atoms with E-state index in [-0.39, 0.29) is 10.3 Å². The van der Waals surface area contributed by atoms with E-state index in [0.717, 1.165) is 10.2 Å². The van der Waals surface area contributed by atoms with Crippen molar-refractivity contribution < 1.29 is 9.47 Å². The fourth-order valence-corrected chi connectivity index (χ4v) is 2.22. The number of ether oxygens (including phenoxy) is 2. The van der Waals surface area contributed by atoms with Crippen molar-refractivity contribution in [2.75, 3.05) is 14.2 Å². The van der Waals surface area contributed by atoms with Crippen LogP contribution in [0.1, 0.15) is 32.0 Å². The van der Waals surface area contributed by atoms with E-state index >= 15 is 0 Å². The molecule has 1 heterocycles. The highest BCUT2D eigenvalue weighted by Gasteiger charge is 2.21. The van der Waals surface area contributed by atoms with Gasteiger partial charge in [0.25, 0.3) is 5.56 Å². The number of aromatic amines is 1. The van der Waals surface area contributed by atoms with Crippen molar-refractivity contribution in [2.45, 2.75) is 26.2 Å². The molecule has 2 rings (SSSR count). The number of nitrogens with zero attached hydrogens (tertiary/aromatic N) is 3. The molecule has 0 atom stereocenters. The van der Waals surface area contributed by atoms with Gasteiger partial charge in [0.2, 0.25) is 4.77 Å². The summed E-state index contributed by atoms with van der Waals surface area (Å²) >= 11 is 5.11. The highest BCUT2D eigenvalue weighted by Crippen LogP contribution is 2.26. The Morgan fingerprint density at radius 3 is 2.50 bits per heavy atom. The first-order valence-corrected chi connectivity index (χ1v) is 7.67. The lowest BCUT2D eigenvalue weighted by molar-refractivity contribution is 0.355. The van der Waals surface area contributed by atoms with Crippen LogP contribution in [0.25, 0.3) is 0 Å². The predicted octanol–water partition coefficient (Wildman–Crippen LogP) is 2.50. The standard InChI is InChI=1S/C16H20N4O3S/c1-16(2,3)13-14(21)20(15(24)19-18-13)17-9-10-6-7-11(22-4)12(8-10)23-5/h6-9H,1-5H3,(H,19,24)/b17-9-. The van der Waals surface area contributed by atoms with E-state index in [1.54, 1.807) is 32.4 Å². The highest BCUT2D eigenvalue weighted by atomic mass is 32.1. The Hall–Kier alpha value is -2.48. The lowest BCUT2D eigenvalue weighted by atomic mass is 9.93. The van der Waals surface area contributed by atoms with Gasteiger partial charge >= 0.3 is 0 Å². The molecule has 0 aliphatic carbocycles. The zero-order valence-corrected chi connectivity index (χ0v) is 15.1. The number of aromatic nitrogens is 3. The molecule has 0 bridgehead atoms. The van der Waals surface area contributed by atoms with Crippen LogP contribution >= 0.6 is 12.2 Å². The number of hydrogen-bond donors (Lipinski definition) is 1. The van der Waals surface area contributed by atoms with Crippen LogP contribution in [-0.4, -0.2) is 35.3 Å². The van der Waals surface area contributed by atoms with E-state index < -0.39 is 5.41 Å². The maximum Gasteiger partial charge on any atom is 0.297 e. The molecule has 0 aliphatic heterocycles. The third-order valence-electron chi connectivity index (χ3n) is 3.29. The van der Waals surface area contributed by atoms with Gasteiger partial charge in [-0.05, 0) is 36.0 Å². The maximum absolute atomic E-state index is 12.5. The quantitative estimate of drug-likeness (QED) is 0.678. The molecule has 0 spiro atoms. The lowest BCUT2D eigenvalue weighted by Gasteiger charge is -2.16. The normalized spacial score (nSPS) is 11.7. The van der Waals surface area contributed by atoms with Crippen molar-refractivity contribution in [3.8, 4) is 11.5 Å². The summed E-state index contributed by atoms with van der Waals surface area (Å²) < 4.78 is 11.7. The van der Waals surface area contributed by atoms with Crippen LogP contribution in [-0.2, 0) is 5.41 Å². The first-order chi connectivity index (χ1) is 11.3. The van der Waals surface area contributed by atoms with Crippen molar-refractivity contribution in [1.29, 1.82) is 0 Å². The molecule has 1 N–H and O–H groups in total. The molecule has 8 heteroatoms. The first-order valence-electron chi connectivity index (χ1n) is 7.26. The molecule has 1 aromatic heterocycles. The Bertz CT molecular complexity index is 878. The lowest BCUT2D eigenvalue weighted by Crippen LogP contribution is -2.32. The average molecular weight is 348 g/mol. The van der Waals surface area contributed by atoms with Gasteiger partial charge in [-0.15, -0.1) is 0 Å². The first kappa shape index (κ1) is 17.9. The monoisotopic (exact) mass is 348 g/mol. The fourth-order valence-electron chi connectivity index (χ4n) is 2.04. The molecular weight excluding hydrogens is 328 g/mol. The van der Waals surface area contributed by atoms with Gasteiger partial charge < -0.3 is 9.47 Å². The summed E-state index contributed by atoms with van der Waals surface area (Å²) in [4.78, 5) is 12.5. The number of nitrogens with one attached hydrogen (secondary N) is 1. The van der Waals surface area contributed by atoms with E-state index in [1.165, 1.54) is 6.21 Å². The molecule has 0 saturated carbocycles. The van der Waals surface area contributed by atoms with E-state index in [4.69, 9.17) is 21.7 Å². The smallest absolute Gasteiger partial charge is 0.297 e. The number of benzene rings is 1. The third kappa shape index (κ3) is 3.70. The van der Waals surface area contributed by atoms with E-state index in [0.29, 0.717) is 17.2 Å². The SMILES string of the molecule is COc1ccc(/C=N\n2c(=S)[nH]nc(C(C)(C)C)c2=O)cc1OC. The van der Waals surface area contributed by atoms with Crippen molar-refractivity contribution in [3.63, 3.8) is 0 Å². The molecule has 0 radical (unpaired) electrons. The zero-order chi connectivity index (χ0) is 17.9. The second-order valence-corrected chi connectivity index (χ2v) is 6.49. The van der Waals surface area contributed by atoms with Gasteiger partial charge in [-0.1, -0.05) is 20.8 Å². The second kappa shape index (κ2) is 6.96. The molecular formula is C16H20N4O3S. The van der Waals surface area contributed by atoms with E-state index in [9.17, 15) is 4.79 Å². The van der Waals surface area contributed by atoms with Crippen LogP contribution in [0.3, 0.4) is 0 Å². The van der Waals surface area contributed by atoms with Crippen LogP contribution in [0.2, 0.25) is 0 Å². The minimum atomic E-state index is -0.419. The molecule has 2 aromatic rings. The molecule has 7 nitrogen and oxygen atoms in total. The van der Waals surface area contributed by atoms with E-state index in [2.05, 4.69) is 15.3 Å². The highest BCUT2D eigenvalue weighted by molar-refractivity contribution is 7.71.